The van der Waals surface area contributed by atoms with Crippen LogP contribution in [-0.2, 0) is 4.79 Å². The van der Waals surface area contributed by atoms with Gasteiger partial charge >= 0.3 is 6.09 Å². The van der Waals surface area contributed by atoms with Crippen molar-refractivity contribution in [3.05, 3.63) is 51.5 Å². The minimum atomic E-state index is -1.13. The van der Waals surface area contributed by atoms with Crippen molar-refractivity contribution in [1.82, 2.24) is 5.32 Å². The highest BCUT2D eigenvalue weighted by Crippen LogP contribution is 2.49. The van der Waals surface area contributed by atoms with Gasteiger partial charge in [0.15, 0.2) is 5.75 Å². The first-order valence-electron chi connectivity index (χ1n) is 8.02. The van der Waals surface area contributed by atoms with Crippen LogP contribution in [0, 0.1) is 0 Å². The second-order valence-corrected chi connectivity index (χ2v) is 7.55. The van der Waals surface area contributed by atoms with Crippen molar-refractivity contribution in [2.75, 3.05) is 4.90 Å². The summed E-state index contributed by atoms with van der Waals surface area (Å²) in [6, 6.07) is 9.61. The van der Waals surface area contributed by atoms with E-state index in [0.717, 1.165) is 10.0 Å². The molecule has 134 valence electrons. The van der Waals surface area contributed by atoms with E-state index in [1.807, 2.05) is 18.2 Å². The van der Waals surface area contributed by atoms with Gasteiger partial charge in [-0.15, -0.1) is 0 Å². The molecule has 8 heteroatoms. The maximum Gasteiger partial charge on any atom is 0.404 e. The van der Waals surface area contributed by atoms with Crippen LogP contribution in [0.4, 0.5) is 10.5 Å². The van der Waals surface area contributed by atoms with E-state index in [1.54, 1.807) is 23.1 Å². The van der Waals surface area contributed by atoms with E-state index in [2.05, 4.69) is 21.2 Å². The van der Waals surface area contributed by atoms with Crippen LogP contribution >= 0.6 is 27.5 Å². The van der Waals surface area contributed by atoms with Crippen LogP contribution in [0.25, 0.3) is 0 Å². The summed E-state index contributed by atoms with van der Waals surface area (Å²) in [4.78, 5) is 25.7. The maximum atomic E-state index is 12.8. The van der Waals surface area contributed by atoms with Crippen LogP contribution in [0.2, 0.25) is 5.02 Å². The summed E-state index contributed by atoms with van der Waals surface area (Å²) in [5.74, 6) is 0.976. The molecular weight excluding hydrogens is 424 g/mol. The van der Waals surface area contributed by atoms with Gasteiger partial charge in [-0.3, -0.25) is 9.69 Å². The molecule has 2 aliphatic heterocycles. The molecule has 0 bridgehead atoms. The number of benzene rings is 2. The number of carbonyl (C=O) groups excluding carboxylic acids is 1. The van der Waals surface area contributed by atoms with Gasteiger partial charge in [-0.2, -0.15) is 0 Å². The van der Waals surface area contributed by atoms with Gasteiger partial charge < -0.3 is 15.2 Å². The second-order valence-electron chi connectivity index (χ2n) is 6.20. The van der Waals surface area contributed by atoms with Crippen molar-refractivity contribution in [1.29, 1.82) is 0 Å². The van der Waals surface area contributed by atoms with E-state index in [9.17, 15) is 14.7 Å². The normalized spacial score (nSPS) is 21.0. The van der Waals surface area contributed by atoms with Gasteiger partial charge in [-0.05, 0) is 36.8 Å². The fraction of sp³-hybridized carbons (Fsp3) is 0.222. The van der Waals surface area contributed by atoms with E-state index >= 15 is 0 Å². The molecular formula is C18H14BrClN2O4. The first kappa shape index (κ1) is 17.2. The number of hydrogen-bond acceptors (Lipinski definition) is 3. The average Bonchev–Trinajstić information content (AvgIpc) is 2.71. The number of rotatable bonds is 1. The topological polar surface area (TPSA) is 78.9 Å². The van der Waals surface area contributed by atoms with Gasteiger partial charge in [0.05, 0.1) is 17.8 Å². The number of hydrogen-bond donors (Lipinski definition) is 2. The van der Waals surface area contributed by atoms with Gasteiger partial charge in [-0.25, -0.2) is 4.79 Å². The Bertz CT molecular complexity index is 920. The summed E-state index contributed by atoms with van der Waals surface area (Å²) < 4.78 is 6.90. The largest absolute Gasteiger partial charge is 0.465 e. The number of piperidine rings is 1. The Morgan fingerprint density at radius 2 is 2.08 bits per heavy atom. The predicted octanol–water partition coefficient (Wildman–Crippen LogP) is 4.71. The number of carboxylic acid groups (broad SMARTS) is 1. The Morgan fingerprint density at radius 3 is 2.85 bits per heavy atom. The Balaban J connectivity index is 1.95. The molecule has 1 saturated heterocycles. The standard InChI is InChI=1S/C18H14BrClN2O4/c19-9-1-3-11-15(7-9)26-14-5-2-10(20)8-13(14)22-16(23)6-4-12(17(11)22)21-18(24)25/h1-3,5,7-8,12,17,21H,4,6H2,(H,24,25)/t12-,17-/m1/s1. The van der Waals surface area contributed by atoms with Gasteiger partial charge in [-0.1, -0.05) is 33.6 Å². The zero-order chi connectivity index (χ0) is 18.4. The molecule has 2 amide bonds. The predicted molar refractivity (Wildman–Crippen MR) is 100 cm³/mol. The third-order valence-electron chi connectivity index (χ3n) is 4.60. The summed E-state index contributed by atoms with van der Waals surface area (Å²) in [5, 5.41) is 12.3. The molecule has 0 unspecified atom stereocenters. The van der Waals surface area contributed by atoms with Crippen LogP contribution < -0.4 is 15.0 Å². The molecule has 4 rings (SSSR count). The summed E-state index contributed by atoms with van der Waals surface area (Å²) >= 11 is 9.59. The molecule has 1 fully saturated rings. The number of carbonyl (C=O) groups is 2. The van der Waals surface area contributed by atoms with Crippen molar-refractivity contribution in [2.45, 2.75) is 24.9 Å². The smallest absolute Gasteiger partial charge is 0.404 e. The Kier molecular flexibility index (Phi) is 4.28. The third-order valence-corrected chi connectivity index (χ3v) is 5.33. The number of halogens is 2. The van der Waals surface area contributed by atoms with E-state index in [1.165, 1.54) is 0 Å². The molecule has 26 heavy (non-hydrogen) atoms. The van der Waals surface area contributed by atoms with Gasteiger partial charge in [0, 0.05) is 21.5 Å². The Morgan fingerprint density at radius 1 is 1.27 bits per heavy atom. The second kappa shape index (κ2) is 6.48. The molecule has 0 aliphatic carbocycles. The number of ether oxygens (including phenoxy) is 1. The Hall–Kier alpha value is -2.25. The molecule has 0 radical (unpaired) electrons. The molecule has 0 aromatic heterocycles. The van der Waals surface area contributed by atoms with Crippen LogP contribution in [0.1, 0.15) is 24.4 Å². The third kappa shape index (κ3) is 2.91. The van der Waals surface area contributed by atoms with Crippen molar-refractivity contribution in [2.24, 2.45) is 0 Å². The van der Waals surface area contributed by atoms with Gasteiger partial charge in [0.25, 0.3) is 0 Å². The van der Waals surface area contributed by atoms with Crippen LogP contribution in [0.3, 0.4) is 0 Å². The van der Waals surface area contributed by atoms with Crippen LogP contribution in [0.15, 0.2) is 40.9 Å². The molecule has 2 aromatic carbocycles. The van der Waals surface area contributed by atoms with E-state index < -0.39 is 18.2 Å². The first-order valence-corrected chi connectivity index (χ1v) is 9.19. The summed E-state index contributed by atoms with van der Waals surface area (Å²) in [7, 11) is 0. The Labute approximate surface area is 162 Å². The van der Waals surface area contributed by atoms with Crippen LogP contribution in [0.5, 0.6) is 11.5 Å². The zero-order valence-corrected chi connectivity index (χ0v) is 15.8. The van der Waals surface area contributed by atoms with Crippen molar-refractivity contribution >= 4 is 45.2 Å². The van der Waals surface area contributed by atoms with Gasteiger partial charge in [0.1, 0.15) is 5.75 Å². The van der Waals surface area contributed by atoms with E-state index in [-0.39, 0.29) is 12.3 Å². The quantitative estimate of drug-likeness (QED) is 0.677. The molecule has 2 aliphatic rings. The monoisotopic (exact) mass is 436 g/mol. The average molecular weight is 438 g/mol. The molecule has 2 N–H and O–H groups in total. The lowest BCUT2D eigenvalue weighted by Gasteiger charge is -2.40. The van der Waals surface area contributed by atoms with Gasteiger partial charge in [0.2, 0.25) is 5.91 Å². The highest BCUT2D eigenvalue weighted by atomic mass is 79.9. The number of nitrogens with zero attached hydrogens (tertiary/aromatic N) is 1. The van der Waals surface area contributed by atoms with Crippen molar-refractivity contribution in [3.8, 4) is 11.5 Å². The highest BCUT2D eigenvalue weighted by Gasteiger charge is 2.42. The summed E-state index contributed by atoms with van der Waals surface area (Å²) in [6.45, 7) is 0. The van der Waals surface area contributed by atoms with E-state index in [4.69, 9.17) is 16.3 Å². The number of anilines is 1. The molecule has 2 aromatic rings. The molecule has 2 atom stereocenters. The number of nitrogens with one attached hydrogen (secondary N) is 1. The molecule has 2 heterocycles. The molecule has 0 saturated carbocycles. The fourth-order valence-electron chi connectivity index (χ4n) is 3.57. The molecule has 0 spiro atoms. The number of fused-ring (bicyclic) bond motifs is 5. The minimum absolute atomic E-state index is 0.0960. The minimum Gasteiger partial charge on any atom is -0.465 e. The zero-order valence-electron chi connectivity index (χ0n) is 13.4. The lowest BCUT2D eigenvalue weighted by molar-refractivity contribution is -0.120. The van der Waals surface area contributed by atoms with Crippen molar-refractivity contribution < 1.29 is 19.4 Å². The molecule has 6 nitrogen and oxygen atoms in total. The van der Waals surface area contributed by atoms with E-state index in [0.29, 0.717) is 28.6 Å². The SMILES string of the molecule is O=C(O)N[C@@H]1CCC(=O)N2c3cc(Cl)ccc3Oc3cc(Br)ccc3[C@H]12. The lowest BCUT2D eigenvalue weighted by Crippen LogP contribution is -2.52. The fourth-order valence-corrected chi connectivity index (χ4v) is 4.07. The summed E-state index contributed by atoms with van der Waals surface area (Å²) in [6.07, 6.45) is -0.476. The van der Waals surface area contributed by atoms with Crippen LogP contribution in [-0.4, -0.2) is 23.1 Å². The number of amides is 2. The summed E-state index contributed by atoms with van der Waals surface area (Å²) in [5.41, 5.74) is 1.28. The first-order chi connectivity index (χ1) is 12.4. The highest BCUT2D eigenvalue weighted by molar-refractivity contribution is 9.10. The van der Waals surface area contributed by atoms with Crippen molar-refractivity contribution in [3.63, 3.8) is 0 Å². The lowest BCUT2D eigenvalue weighted by atomic mass is 9.89. The maximum absolute atomic E-state index is 12.8.